The zero-order valence-electron chi connectivity index (χ0n) is 42.4. The lowest BCUT2D eigenvalue weighted by Gasteiger charge is -2.15. The van der Waals surface area contributed by atoms with E-state index in [1.54, 1.807) is 12.1 Å². The molecule has 64 heavy (non-hydrogen) atoms. The zero-order chi connectivity index (χ0) is 47.5. The van der Waals surface area contributed by atoms with Crippen LogP contribution >= 0.6 is 0 Å². The molecule has 0 spiro atoms. The maximum Gasteiger partial charge on any atom is 0.311 e. The topological polar surface area (TPSA) is 105 Å². The van der Waals surface area contributed by atoms with Crippen molar-refractivity contribution in [2.75, 3.05) is 0 Å². The molecule has 0 saturated heterocycles. The number of carbonyl (C=O) groups is 4. The normalized spacial score (nSPS) is 12.9. The standard InChI is InChI=1S/C29H48O4.C27H44O4/c1-6-10-12-14-24(8-3)16-18-28(30)32-26-20-23(5)21-27(22-26)33-29(31)19-17-25(9-4)15-13-11-7-2;1-6-10-12-22(8-3)14-16-26(28)30-24-18-21(5)19-25(20-24)31-27(29)17-15-23(9-4)13-11-7-2/h20-22,24-25H,6-19H2,1-5H3;18-20,22-23H,6-17H2,1-5H3. The maximum atomic E-state index is 12.4. The van der Waals surface area contributed by atoms with Crippen molar-refractivity contribution < 1.29 is 38.1 Å². The van der Waals surface area contributed by atoms with Crippen molar-refractivity contribution in [2.24, 2.45) is 23.7 Å². The van der Waals surface area contributed by atoms with Crippen LogP contribution in [-0.2, 0) is 19.2 Å². The molecule has 8 nitrogen and oxygen atoms in total. The number of aryl methyl sites for hydroxylation is 2. The number of hydrogen-bond acceptors (Lipinski definition) is 8. The van der Waals surface area contributed by atoms with Gasteiger partial charge < -0.3 is 18.9 Å². The van der Waals surface area contributed by atoms with Crippen molar-refractivity contribution in [3.05, 3.63) is 47.5 Å². The molecule has 0 aliphatic carbocycles. The average Bonchev–Trinajstić information content (AvgIpc) is 3.26. The molecule has 2 aromatic carbocycles. The van der Waals surface area contributed by atoms with E-state index < -0.39 is 0 Å². The van der Waals surface area contributed by atoms with Gasteiger partial charge in [-0.25, -0.2) is 0 Å². The number of hydrogen-bond donors (Lipinski definition) is 0. The fourth-order valence-electron chi connectivity index (χ4n) is 8.24. The molecule has 0 aromatic heterocycles. The largest absolute Gasteiger partial charge is 0.426 e. The zero-order valence-corrected chi connectivity index (χ0v) is 42.4. The summed E-state index contributed by atoms with van der Waals surface area (Å²) in [7, 11) is 0. The van der Waals surface area contributed by atoms with Crippen LogP contribution in [0.1, 0.15) is 233 Å². The molecule has 0 aliphatic rings. The molecule has 4 atom stereocenters. The fourth-order valence-corrected chi connectivity index (χ4v) is 8.24. The van der Waals surface area contributed by atoms with Crippen molar-refractivity contribution >= 4 is 23.9 Å². The van der Waals surface area contributed by atoms with Crippen LogP contribution in [0.5, 0.6) is 23.0 Å². The minimum Gasteiger partial charge on any atom is -0.426 e. The SMILES string of the molecule is CCCCC(CC)CCC(=O)Oc1cc(C)cc(OC(=O)CCC(CC)CCCC)c1.CCCCCC(CC)CCC(=O)Oc1cc(C)cc(OC(=O)CCC(CC)CCCCC)c1. The number of benzene rings is 2. The van der Waals surface area contributed by atoms with Crippen molar-refractivity contribution in [1.29, 1.82) is 0 Å². The van der Waals surface area contributed by atoms with Crippen molar-refractivity contribution in [2.45, 2.75) is 236 Å². The molecular weight excluding hydrogens is 801 g/mol. The third-order valence-electron chi connectivity index (χ3n) is 12.7. The number of ether oxygens (including phenoxy) is 4. The second-order valence-corrected chi connectivity index (χ2v) is 18.4. The van der Waals surface area contributed by atoms with E-state index in [2.05, 4.69) is 55.4 Å². The molecule has 0 aliphatic heterocycles. The quantitative estimate of drug-likeness (QED) is 0.0389. The molecule has 0 bridgehead atoms. The van der Waals surface area contributed by atoms with Gasteiger partial charge in [-0.15, -0.1) is 0 Å². The van der Waals surface area contributed by atoms with Gasteiger partial charge in [0.1, 0.15) is 23.0 Å². The van der Waals surface area contributed by atoms with E-state index >= 15 is 0 Å². The summed E-state index contributed by atoms with van der Waals surface area (Å²) in [6.07, 6.45) is 26.4. The van der Waals surface area contributed by atoms with Gasteiger partial charge in [0.2, 0.25) is 0 Å². The monoisotopic (exact) mass is 893 g/mol. The summed E-state index contributed by atoms with van der Waals surface area (Å²) in [5.74, 6) is 3.22. The molecule has 0 heterocycles. The Kier molecular flexibility index (Phi) is 33.3. The van der Waals surface area contributed by atoms with E-state index in [1.807, 2.05) is 38.1 Å². The Labute approximate surface area is 391 Å². The molecule has 0 fully saturated rings. The second kappa shape index (κ2) is 36.5. The Morgan fingerprint density at radius 1 is 0.344 bits per heavy atom. The Morgan fingerprint density at radius 3 is 0.797 bits per heavy atom. The summed E-state index contributed by atoms with van der Waals surface area (Å²) in [5, 5.41) is 0. The molecule has 0 radical (unpaired) electrons. The molecule has 0 amide bonds. The van der Waals surface area contributed by atoms with Crippen molar-refractivity contribution in [3.8, 4) is 23.0 Å². The van der Waals surface area contributed by atoms with Gasteiger partial charge in [-0.1, -0.05) is 171 Å². The van der Waals surface area contributed by atoms with Crippen LogP contribution in [0.25, 0.3) is 0 Å². The van der Waals surface area contributed by atoms with Crippen molar-refractivity contribution in [3.63, 3.8) is 0 Å². The van der Waals surface area contributed by atoms with Gasteiger partial charge in [0, 0.05) is 37.8 Å². The highest BCUT2D eigenvalue weighted by Gasteiger charge is 2.17. The van der Waals surface area contributed by atoms with E-state index in [9.17, 15) is 19.2 Å². The van der Waals surface area contributed by atoms with Crippen LogP contribution in [0.15, 0.2) is 36.4 Å². The summed E-state index contributed by atoms with van der Waals surface area (Å²) < 4.78 is 22.2. The van der Waals surface area contributed by atoms with Gasteiger partial charge in [0.05, 0.1) is 0 Å². The van der Waals surface area contributed by atoms with Gasteiger partial charge in [-0.05, 0) is 98.6 Å². The number of esters is 4. The fraction of sp³-hybridized carbons (Fsp3) is 0.714. The smallest absolute Gasteiger partial charge is 0.311 e. The van der Waals surface area contributed by atoms with Crippen molar-refractivity contribution in [1.82, 2.24) is 0 Å². The van der Waals surface area contributed by atoms with Gasteiger partial charge >= 0.3 is 23.9 Å². The van der Waals surface area contributed by atoms with Crippen LogP contribution in [-0.4, -0.2) is 23.9 Å². The van der Waals surface area contributed by atoms with E-state index in [1.165, 1.54) is 89.9 Å². The highest BCUT2D eigenvalue weighted by atomic mass is 16.6. The Morgan fingerprint density at radius 2 is 0.578 bits per heavy atom. The van der Waals surface area contributed by atoms with E-state index in [4.69, 9.17) is 18.9 Å². The minimum atomic E-state index is -0.223. The first-order valence-corrected chi connectivity index (χ1v) is 25.9. The number of rotatable bonds is 34. The molecule has 0 saturated carbocycles. The van der Waals surface area contributed by atoms with E-state index in [-0.39, 0.29) is 23.9 Å². The summed E-state index contributed by atoms with van der Waals surface area (Å²) in [5.41, 5.74) is 1.80. The first-order valence-electron chi connectivity index (χ1n) is 25.9. The Hall–Kier alpha value is -3.68. The molecule has 8 heteroatoms. The minimum absolute atomic E-state index is 0.218. The van der Waals surface area contributed by atoms with Crippen LogP contribution < -0.4 is 18.9 Å². The summed E-state index contributed by atoms with van der Waals surface area (Å²) in [6.45, 7) is 21.4. The third kappa shape index (κ3) is 28.3. The van der Waals surface area contributed by atoms with E-state index in [0.29, 0.717) is 72.4 Å². The second-order valence-electron chi connectivity index (χ2n) is 18.4. The van der Waals surface area contributed by atoms with Crippen LogP contribution in [0.4, 0.5) is 0 Å². The lowest BCUT2D eigenvalue weighted by molar-refractivity contribution is -0.136. The van der Waals surface area contributed by atoms with Gasteiger partial charge in [-0.3, -0.25) is 19.2 Å². The Balaban J connectivity index is 0.000000641. The molecule has 2 aromatic rings. The highest BCUT2D eigenvalue weighted by Crippen LogP contribution is 2.28. The lowest BCUT2D eigenvalue weighted by atomic mass is 9.94. The lowest BCUT2D eigenvalue weighted by Crippen LogP contribution is -2.12. The summed E-state index contributed by atoms with van der Waals surface area (Å²) >= 11 is 0. The average molecular weight is 893 g/mol. The maximum absolute atomic E-state index is 12.4. The highest BCUT2D eigenvalue weighted by molar-refractivity contribution is 5.75. The molecule has 2 rings (SSSR count). The Bertz CT molecular complexity index is 1460. The molecule has 364 valence electrons. The third-order valence-corrected chi connectivity index (χ3v) is 12.7. The predicted molar refractivity (Wildman–Crippen MR) is 264 cm³/mol. The number of unbranched alkanes of at least 4 members (excludes halogenated alkanes) is 6. The number of carbonyl (C=O) groups excluding carboxylic acids is 4. The van der Waals surface area contributed by atoms with Crippen LogP contribution in [0.2, 0.25) is 0 Å². The summed E-state index contributed by atoms with van der Waals surface area (Å²) in [4.78, 5) is 49.4. The van der Waals surface area contributed by atoms with Crippen LogP contribution in [0.3, 0.4) is 0 Å². The predicted octanol–water partition coefficient (Wildman–Crippen LogP) is 16.4. The van der Waals surface area contributed by atoms with Gasteiger partial charge in [0.25, 0.3) is 0 Å². The molecule has 0 N–H and O–H groups in total. The first-order chi connectivity index (χ1) is 30.8. The van der Waals surface area contributed by atoms with Crippen LogP contribution in [0, 0.1) is 37.5 Å². The molecular formula is C56H92O8. The van der Waals surface area contributed by atoms with Gasteiger partial charge in [0.15, 0.2) is 0 Å². The van der Waals surface area contributed by atoms with Gasteiger partial charge in [-0.2, -0.15) is 0 Å². The molecule has 4 unspecified atom stereocenters. The van der Waals surface area contributed by atoms with E-state index in [0.717, 1.165) is 62.5 Å². The summed E-state index contributed by atoms with van der Waals surface area (Å²) in [6, 6.07) is 10.5. The first kappa shape index (κ1) is 58.3.